The Morgan fingerprint density at radius 2 is 1.68 bits per heavy atom. The molecule has 3 rings (SSSR count). The van der Waals surface area contributed by atoms with Crippen LogP contribution in [0.1, 0.15) is 30.9 Å². The van der Waals surface area contributed by atoms with Crippen LogP contribution in [0.3, 0.4) is 0 Å². The van der Waals surface area contributed by atoms with Gasteiger partial charge in [-0.25, -0.2) is 0 Å². The summed E-state index contributed by atoms with van der Waals surface area (Å²) >= 11 is 18.6. The fraction of sp³-hybridized carbons (Fsp3) is 0.448. The molecule has 8 nitrogen and oxygen atoms in total. The normalized spacial score (nSPS) is 17.1. The number of alkyl halides is 1. The molecule has 2 aromatic carbocycles. The number of benzene rings is 2. The van der Waals surface area contributed by atoms with E-state index in [4.69, 9.17) is 39.5 Å². The monoisotopic (exact) mass is 609 g/mol. The lowest BCUT2D eigenvalue weighted by molar-refractivity contribution is -0.159. The molecule has 11 heteroatoms. The van der Waals surface area contributed by atoms with Crippen molar-refractivity contribution in [2.45, 2.75) is 50.2 Å². The van der Waals surface area contributed by atoms with E-state index in [1.54, 1.807) is 24.3 Å². The Balaban J connectivity index is 1.81. The second-order valence-electron chi connectivity index (χ2n) is 9.61. The summed E-state index contributed by atoms with van der Waals surface area (Å²) in [5, 5.41) is 1.18. The third kappa shape index (κ3) is 8.43. The van der Waals surface area contributed by atoms with Crippen LogP contribution in [0.15, 0.2) is 48.5 Å². The van der Waals surface area contributed by atoms with Gasteiger partial charge in [-0.3, -0.25) is 14.4 Å². The van der Waals surface area contributed by atoms with Crippen molar-refractivity contribution in [3.8, 4) is 0 Å². The summed E-state index contributed by atoms with van der Waals surface area (Å²) in [4.78, 5) is 56.7. The van der Waals surface area contributed by atoms with Gasteiger partial charge in [0.15, 0.2) is 0 Å². The van der Waals surface area contributed by atoms with Crippen LogP contribution in [-0.2, 0) is 36.8 Å². The number of carbonyl (C=O) groups excluding carboxylic acids is 4. The van der Waals surface area contributed by atoms with Gasteiger partial charge < -0.3 is 24.2 Å². The maximum absolute atomic E-state index is 13.7. The maximum atomic E-state index is 13.7. The SMILES string of the molecule is CCC(C=O)N(CCc1ccc(Cl)cc1)C(=O)CC1C(=O)N(C(Cl)Cc2ccc(Cl)cc2)CC(=O)N1CCOC. The van der Waals surface area contributed by atoms with Gasteiger partial charge in [-0.15, -0.1) is 0 Å². The van der Waals surface area contributed by atoms with Gasteiger partial charge >= 0.3 is 0 Å². The van der Waals surface area contributed by atoms with E-state index >= 15 is 0 Å². The highest BCUT2D eigenvalue weighted by Gasteiger charge is 2.43. The quantitative estimate of drug-likeness (QED) is 0.182. The largest absolute Gasteiger partial charge is 0.383 e. The Morgan fingerprint density at radius 1 is 1.07 bits per heavy atom. The lowest BCUT2D eigenvalue weighted by Crippen LogP contribution is -2.63. The standard InChI is InChI=1S/C29H34Cl3N3O5/c1-3-24(19-36)33(13-12-20-4-8-22(30)9-5-20)27(37)17-25-29(39)35(18-28(38)34(25)14-15-40-2)26(32)16-21-6-10-23(31)11-7-21/h4-11,19,24-26H,3,12-18H2,1-2H3. The Labute approximate surface area is 250 Å². The number of hydrogen-bond donors (Lipinski definition) is 0. The number of hydrogen-bond acceptors (Lipinski definition) is 5. The van der Waals surface area contributed by atoms with Crippen LogP contribution in [0.25, 0.3) is 0 Å². The summed E-state index contributed by atoms with van der Waals surface area (Å²) in [5.41, 5.74) is 0.996. The summed E-state index contributed by atoms with van der Waals surface area (Å²) in [6.45, 7) is 2.22. The number of nitrogens with zero attached hydrogens (tertiary/aromatic N) is 3. The number of aldehydes is 1. The Kier molecular flexibility index (Phi) is 12.3. The van der Waals surface area contributed by atoms with Crippen molar-refractivity contribution in [3.05, 3.63) is 69.7 Å². The van der Waals surface area contributed by atoms with Crippen molar-refractivity contribution in [2.24, 2.45) is 0 Å². The van der Waals surface area contributed by atoms with Crippen molar-refractivity contribution in [1.82, 2.24) is 14.7 Å². The molecular weight excluding hydrogens is 577 g/mol. The van der Waals surface area contributed by atoms with Gasteiger partial charge in [-0.05, 0) is 48.2 Å². The van der Waals surface area contributed by atoms with Crippen molar-refractivity contribution in [2.75, 3.05) is 33.4 Å². The van der Waals surface area contributed by atoms with E-state index in [9.17, 15) is 19.2 Å². The number of piperazine rings is 1. The van der Waals surface area contributed by atoms with Gasteiger partial charge in [0, 0.05) is 36.7 Å². The van der Waals surface area contributed by atoms with Gasteiger partial charge in [0.05, 0.1) is 19.1 Å². The third-order valence-corrected chi connectivity index (χ3v) is 7.87. The Bertz CT molecular complexity index is 1160. The van der Waals surface area contributed by atoms with Gasteiger partial charge in [0.1, 0.15) is 24.4 Å². The number of halogens is 3. The third-order valence-electron chi connectivity index (χ3n) is 6.98. The average Bonchev–Trinajstić information content (AvgIpc) is 2.94. The maximum Gasteiger partial charge on any atom is 0.247 e. The van der Waals surface area contributed by atoms with Gasteiger partial charge in [0.25, 0.3) is 0 Å². The highest BCUT2D eigenvalue weighted by atomic mass is 35.5. The second kappa shape index (κ2) is 15.4. The molecule has 1 aliphatic heterocycles. The summed E-state index contributed by atoms with van der Waals surface area (Å²) in [6, 6.07) is 12.6. The summed E-state index contributed by atoms with van der Waals surface area (Å²) in [5.74, 6) is -1.15. The van der Waals surface area contributed by atoms with Gasteiger partial charge in [-0.1, -0.05) is 66.0 Å². The molecule has 3 unspecified atom stereocenters. The lowest BCUT2D eigenvalue weighted by Gasteiger charge is -2.42. The molecule has 2 aromatic rings. The fourth-order valence-corrected chi connectivity index (χ4v) is 5.29. The van der Waals surface area contributed by atoms with E-state index in [0.29, 0.717) is 29.3 Å². The smallest absolute Gasteiger partial charge is 0.247 e. The Morgan fingerprint density at radius 3 is 2.23 bits per heavy atom. The highest BCUT2D eigenvalue weighted by molar-refractivity contribution is 6.30. The summed E-state index contributed by atoms with van der Waals surface area (Å²) in [6.07, 6.45) is 1.67. The fourth-order valence-electron chi connectivity index (χ4n) is 4.69. The first-order chi connectivity index (χ1) is 19.2. The number of ether oxygens (including phenoxy) is 1. The summed E-state index contributed by atoms with van der Waals surface area (Å²) < 4.78 is 5.15. The highest BCUT2D eigenvalue weighted by Crippen LogP contribution is 2.24. The minimum atomic E-state index is -1.07. The molecule has 1 fully saturated rings. The van der Waals surface area contributed by atoms with Crippen LogP contribution in [0, 0.1) is 0 Å². The molecule has 0 radical (unpaired) electrons. The van der Waals surface area contributed by atoms with Crippen molar-refractivity contribution >= 4 is 58.8 Å². The molecule has 40 heavy (non-hydrogen) atoms. The zero-order chi connectivity index (χ0) is 29.2. The number of methoxy groups -OCH3 is 1. The number of rotatable bonds is 14. The van der Waals surface area contributed by atoms with Crippen LogP contribution in [-0.4, -0.2) is 89.6 Å². The zero-order valence-electron chi connectivity index (χ0n) is 22.6. The molecular formula is C29H34Cl3N3O5. The van der Waals surface area contributed by atoms with Crippen molar-refractivity contribution in [3.63, 3.8) is 0 Å². The Hall–Kier alpha value is -2.65. The van der Waals surface area contributed by atoms with E-state index in [1.165, 1.54) is 21.8 Å². The van der Waals surface area contributed by atoms with Crippen LogP contribution in [0.5, 0.6) is 0 Å². The molecule has 3 amide bonds. The van der Waals surface area contributed by atoms with E-state index in [1.807, 2.05) is 31.2 Å². The van der Waals surface area contributed by atoms with E-state index in [2.05, 4.69) is 0 Å². The predicted molar refractivity (Wildman–Crippen MR) is 156 cm³/mol. The van der Waals surface area contributed by atoms with Crippen LogP contribution in [0.2, 0.25) is 10.0 Å². The average molecular weight is 611 g/mol. The summed E-state index contributed by atoms with van der Waals surface area (Å²) in [7, 11) is 1.50. The zero-order valence-corrected chi connectivity index (χ0v) is 24.9. The van der Waals surface area contributed by atoms with Gasteiger partial charge in [0.2, 0.25) is 17.7 Å². The number of carbonyl (C=O) groups is 4. The van der Waals surface area contributed by atoms with Crippen molar-refractivity contribution in [1.29, 1.82) is 0 Å². The van der Waals surface area contributed by atoms with Crippen molar-refractivity contribution < 1.29 is 23.9 Å². The molecule has 1 aliphatic rings. The first-order valence-corrected chi connectivity index (χ1v) is 14.3. The van der Waals surface area contributed by atoms with Crippen LogP contribution < -0.4 is 0 Å². The van der Waals surface area contributed by atoms with E-state index in [-0.39, 0.29) is 38.6 Å². The first kappa shape index (κ1) is 31.9. The van der Waals surface area contributed by atoms with Crippen LogP contribution >= 0.6 is 34.8 Å². The minimum absolute atomic E-state index is 0.145. The van der Waals surface area contributed by atoms with E-state index < -0.39 is 29.4 Å². The minimum Gasteiger partial charge on any atom is -0.383 e. The first-order valence-electron chi connectivity index (χ1n) is 13.1. The second-order valence-corrected chi connectivity index (χ2v) is 11.0. The molecule has 0 aliphatic carbocycles. The molecule has 0 bridgehead atoms. The molecule has 216 valence electrons. The molecule has 1 saturated heterocycles. The van der Waals surface area contributed by atoms with E-state index in [0.717, 1.165) is 17.4 Å². The molecule has 0 N–H and O–H groups in total. The molecule has 0 saturated carbocycles. The molecule has 1 heterocycles. The van der Waals surface area contributed by atoms with Crippen LogP contribution in [0.4, 0.5) is 0 Å². The van der Waals surface area contributed by atoms with Gasteiger partial charge in [-0.2, -0.15) is 0 Å². The predicted octanol–water partition coefficient (Wildman–Crippen LogP) is 4.23. The lowest BCUT2D eigenvalue weighted by atomic mass is 10.0. The topological polar surface area (TPSA) is 87.2 Å². The molecule has 0 spiro atoms. The number of amides is 3. The molecule has 3 atom stereocenters. The molecule has 0 aromatic heterocycles.